The van der Waals surface area contributed by atoms with Crippen molar-refractivity contribution in [3.63, 3.8) is 0 Å². The van der Waals surface area contributed by atoms with Crippen molar-refractivity contribution in [1.29, 1.82) is 5.26 Å². The van der Waals surface area contributed by atoms with Crippen molar-refractivity contribution in [2.45, 2.75) is 19.8 Å². The molecule has 1 atom stereocenters. The summed E-state index contributed by atoms with van der Waals surface area (Å²) >= 11 is 0. The van der Waals surface area contributed by atoms with Gasteiger partial charge in [0.05, 0.1) is 17.6 Å². The van der Waals surface area contributed by atoms with E-state index in [1.807, 2.05) is 12.1 Å². The van der Waals surface area contributed by atoms with E-state index in [0.717, 1.165) is 24.0 Å². The minimum atomic E-state index is -0.201. The lowest BCUT2D eigenvalue weighted by Gasteiger charge is -2.29. The number of carbonyl (C=O) groups is 2. The molecule has 1 unspecified atom stereocenters. The molecular formula is C21H20N2O3. The minimum absolute atomic E-state index is 0.0369. The van der Waals surface area contributed by atoms with Gasteiger partial charge in [-0.25, -0.2) is 0 Å². The summed E-state index contributed by atoms with van der Waals surface area (Å²) in [6, 6.07) is 14.3. The summed E-state index contributed by atoms with van der Waals surface area (Å²) in [4.78, 5) is 26.0. The number of carbonyl (C=O) groups excluding carboxylic acids is 2. The fraction of sp³-hybridized carbons (Fsp3) is 0.286. The lowest BCUT2D eigenvalue weighted by molar-refractivity contribution is 0.0698. The molecule has 1 aliphatic rings. The van der Waals surface area contributed by atoms with Crippen molar-refractivity contribution in [2.24, 2.45) is 5.92 Å². The standard InChI is InChI=1S/C21H20N2O3/c1-14(24)19-11-18(8-9-20(19)25)16-4-6-17(7-5-16)21(26)23-10-2-3-15(12-22)13-23/h4-9,11,15,25H,2-3,10,13H2,1H3. The summed E-state index contributed by atoms with van der Waals surface area (Å²) in [6.45, 7) is 2.57. The van der Waals surface area contributed by atoms with Crippen LogP contribution in [0.4, 0.5) is 0 Å². The van der Waals surface area contributed by atoms with Crippen molar-refractivity contribution in [3.05, 3.63) is 53.6 Å². The number of piperidine rings is 1. The summed E-state index contributed by atoms with van der Waals surface area (Å²) in [5, 5.41) is 18.8. The number of hydrogen-bond donors (Lipinski definition) is 1. The van der Waals surface area contributed by atoms with Crippen LogP contribution in [0.3, 0.4) is 0 Å². The average Bonchev–Trinajstić information content (AvgIpc) is 2.67. The SMILES string of the molecule is CC(=O)c1cc(-c2ccc(C(=O)N3CCCC(C#N)C3)cc2)ccc1O. The number of rotatable bonds is 3. The summed E-state index contributed by atoms with van der Waals surface area (Å²) in [5.74, 6) is -0.390. The number of benzene rings is 2. The van der Waals surface area contributed by atoms with Crippen LogP contribution >= 0.6 is 0 Å². The molecule has 5 heteroatoms. The fourth-order valence-corrected chi connectivity index (χ4v) is 3.25. The van der Waals surface area contributed by atoms with Gasteiger partial charge >= 0.3 is 0 Å². The predicted molar refractivity (Wildman–Crippen MR) is 97.8 cm³/mol. The Labute approximate surface area is 152 Å². The summed E-state index contributed by atoms with van der Waals surface area (Å²) in [7, 11) is 0. The highest BCUT2D eigenvalue weighted by Gasteiger charge is 2.24. The summed E-state index contributed by atoms with van der Waals surface area (Å²) in [5.41, 5.74) is 2.52. The zero-order valence-electron chi connectivity index (χ0n) is 14.6. The molecule has 0 spiro atoms. The van der Waals surface area contributed by atoms with E-state index in [9.17, 15) is 14.7 Å². The topological polar surface area (TPSA) is 81.4 Å². The first-order chi connectivity index (χ1) is 12.5. The zero-order valence-corrected chi connectivity index (χ0v) is 14.6. The van der Waals surface area contributed by atoms with Gasteiger partial charge in [-0.3, -0.25) is 9.59 Å². The van der Waals surface area contributed by atoms with E-state index in [4.69, 9.17) is 5.26 Å². The van der Waals surface area contributed by atoms with E-state index in [0.29, 0.717) is 18.7 Å². The number of nitrogens with zero attached hydrogens (tertiary/aromatic N) is 2. The molecule has 1 fully saturated rings. The molecule has 0 saturated carbocycles. The second-order valence-corrected chi connectivity index (χ2v) is 6.58. The Kier molecular flexibility index (Phi) is 5.04. The molecule has 0 bridgehead atoms. The van der Waals surface area contributed by atoms with Gasteiger partial charge in [0.2, 0.25) is 0 Å². The fourth-order valence-electron chi connectivity index (χ4n) is 3.25. The summed E-state index contributed by atoms with van der Waals surface area (Å²) < 4.78 is 0. The molecule has 1 amide bonds. The molecule has 1 aliphatic heterocycles. The third-order valence-electron chi connectivity index (χ3n) is 4.73. The van der Waals surface area contributed by atoms with Gasteiger partial charge in [0.15, 0.2) is 5.78 Å². The van der Waals surface area contributed by atoms with Gasteiger partial charge in [-0.2, -0.15) is 5.26 Å². The van der Waals surface area contributed by atoms with E-state index in [1.165, 1.54) is 13.0 Å². The zero-order chi connectivity index (χ0) is 18.7. The second-order valence-electron chi connectivity index (χ2n) is 6.58. The molecule has 26 heavy (non-hydrogen) atoms. The number of phenolic OH excluding ortho intramolecular Hbond substituents is 1. The maximum atomic E-state index is 12.6. The van der Waals surface area contributed by atoms with E-state index in [2.05, 4.69) is 6.07 Å². The molecule has 0 radical (unpaired) electrons. The van der Waals surface area contributed by atoms with Crippen molar-refractivity contribution in [2.75, 3.05) is 13.1 Å². The number of phenols is 1. The Balaban J connectivity index is 1.81. The molecule has 5 nitrogen and oxygen atoms in total. The number of nitriles is 1. The molecule has 0 aliphatic carbocycles. The van der Waals surface area contributed by atoms with Crippen LogP contribution in [-0.2, 0) is 0 Å². The molecule has 1 N–H and O–H groups in total. The van der Waals surface area contributed by atoms with Crippen LogP contribution in [0.2, 0.25) is 0 Å². The first kappa shape index (κ1) is 17.7. The van der Waals surface area contributed by atoms with Gasteiger partial charge in [0.25, 0.3) is 5.91 Å². The Morgan fingerprint density at radius 1 is 1.15 bits per heavy atom. The highest BCUT2D eigenvalue weighted by molar-refractivity contribution is 5.98. The van der Waals surface area contributed by atoms with Gasteiger partial charge < -0.3 is 10.0 Å². The van der Waals surface area contributed by atoms with Gasteiger partial charge in [0, 0.05) is 18.7 Å². The van der Waals surface area contributed by atoms with Crippen LogP contribution in [0.15, 0.2) is 42.5 Å². The van der Waals surface area contributed by atoms with E-state index < -0.39 is 0 Å². The number of Topliss-reactive ketones (excluding diaryl/α,β-unsaturated/α-hetero) is 1. The molecule has 2 aromatic rings. The van der Waals surface area contributed by atoms with Crippen LogP contribution in [0, 0.1) is 17.2 Å². The van der Waals surface area contributed by atoms with Crippen molar-refractivity contribution in [1.82, 2.24) is 4.90 Å². The van der Waals surface area contributed by atoms with E-state index in [1.54, 1.807) is 29.2 Å². The number of amides is 1. The molecule has 0 aromatic heterocycles. The molecular weight excluding hydrogens is 328 g/mol. The Bertz CT molecular complexity index is 881. The Hall–Kier alpha value is -3.13. The highest BCUT2D eigenvalue weighted by Crippen LogP contribution is 2.27. The van der Waals surface area contributed by atoms with Crippen LogP contribution in [0.1, 0.15) is 40.5 Å². The van der Waals surface area contributed by atoms with Crippen LogP contribution in [-0.4, -0.2) is 34.8 Å². The van der Waals surface area contributed by atoms with Gasteiger partial charge in [-0.15, -0.1) is 0 Å². The quantitative estimate of drug-likeness (QED) is 0.859. The molecule has 1 saturated heterocycles. The van der Waals surface area contributed by atoms with Crippen molar-refractivity contribution in [3.8, 4) is 22.9 Å². The van der Waals surface area contributed by atoms with Crippen LogP contribution in [0.5, 0.6) is 5.75 Å². The summed E-state index contributed by atoms with van der Waals surface area (Å²) in [6.07, 6.45) is 1.70. The second kappa shape index (κ2) is 7.40. The van der Waals surface area contributed by atoms with Crippen molar-refractivity contribution >= 4 is 11.7 Å². The lowest BCUT2D eigenvalue weighted by atomic mass is 9.97. The van der Waals surface area contributed by atoms with E-state index >= 15 is 0 Å². The van der Waals surface area contributed by atoms with Crippen molar-refractivity contribution < 1.29 is 14.7 Å². The third kappa shape index (κ3) is 3.60. The lowest BCUT2D eigenvalue weighted by Crippen LogP contribution is -2.39. The first-order valence-corrected chi connectivity index (χ1v) is 8.63. The number of hydrogen-bond acceptors (Lipinski definition) is 4. The average molecular weight is 348 g/mol. The van der Waals surface area contributed by atoms with Gasteiger partial charge in [-0.1, -0.05) is 18.2 Å². The third-order valence-corrected chi connectivity index (χ3v) is 4.73. The highest BCUT2D eigenvalue weighted by atomic mass is 16.3. The minimum Gasteiger partial charge on any atom is -0.507 e. The van der Waals surface area contributed by atoms with E-state index in [-0.39, 0.29) is 28.9 Å². The Morgan fingerprint density at radius 3 is 2.50 bits per heavy atom. The maximum absolute atomic E-state index is 12.6. The normalized spacial score (nSPS) is 16.8. The Morgan fingerprint density at radius 2 is 1.85 bits per heavy atom. The monoisotopic (exact) mass is 348 g/mol. The predicted octanol–water partition coefficient (Wildman–Crippen LogP) is 3.64. The molecule has 1 heterocycles. The van der Waals surface area contributed by atoms with Crippen LogP contribution in [0.25, 0.3) is 11.1 Å². The van der Waals surface area contributed by atoms with Gasteiger partial charge in [0.1, 0.15) is 5.75 Å². The molecule has 2 aromatic carbocycles. The number of ketones is 1. The molecule has 132 valence electrons. The largest absolute Gasteiger partial charge is 0.507 e. The molecule has 3 rings (SSSR count). The van der Waals surface area contributed by atoms with Crippen LogP contribution < -0.4 is 0 Å². The first-order valence-electron chi connectivity index (χ1n) is 8.63. The number of aromatic hydroxyl groups is 1. The smallest absolute Gasteiger partial charge is 0.253 e. The number of likely N-dealkylation sites (tertiary alicyclic amines) is 1. The van der Waals surface area contributed by atoms with Gasteiger partial charge in [-0.05, 0) is 55.2 Å². The maximum Gasteiger partial charge on any atom is 0.253 e.